The molecular formula is C29H29NO2. The Labute approximate surface area is 189 Å². The molecule has 0 amide bonds. The van der Waals surface area contributed by atoms with Gasteiger partial charge >= 0.3 is 5.97 Å². The highest BCUT2D eigenvalue weighted by Crippen LogP contribution is 2.28. The molecule has 0 aliphatic rings. The summed E-state index contributed by atoms with van der Waals surface area (Å²) in [7, 11) is 0. The van der Waals surface area contributed by atoms with Gasteiger partial charge in [-0.3, -0.25) is 9.79 Å². The van der Waals surface area contributed by atoms with Gasteiger partial charge in [-0.15, -0.1) is 0 Å². The average molecular weight is 424 g/mol. The van der Waals surface area contributed by atoms with Crippen molar-refractivity contribution in [2.45, 2.75) is 45.4 Å². The van der Waals surface area contributed by atoms with E-state index < -0.39 is 0 Å². The number of aliphatic imine (C=N–C) groups is 1. The molecule has 0 aliphatic carbocycles. The number of hydrogen-bond acceptors (Lipinski definition) is 3. The fraction of sp³-hybridized carbons (Fsp3) is 0.241. The molecule has 3 heteroatoms. The van der Waals surface area contributed by atoms with Gasteiger partial charge < -0.3 is 4.74 Å². The molecular weight excluding hydrogens is 394 g/mol. The Kier molecular flexibility index (Phi) is 7.29. The van der Waals surface area contributed by atoms with Crippen LogP contribution in [0.3, 0.4) is 0 Å². The van der Waals surface area contributed by atoms with E-state index in [0.29, 0.717) is 12.2 Å². The van der Waals surface area contributed by atoms with Crippen LogP contribution >= 0.6 is 0 Å². The molecule has 0 N–H and O–H groups in total. The van der Waals surface area contributed by atoms with Gasteiger partial charge in [-0.05, 0) is 69.9 Å². The molecule has 0 heterocycles. The maximum atomic E-state index is 12.0. The first-order chi connectivity index (χ1) is 15.7. The molecule has 0 saturated heterocycles. The van der Waals surface area contributed by atoms with Gasteiger partial charge in [0.25, 0.3) is 0 Å². The normalized spacial score (nSPS) is 11.4. The minimum absolute atomic E-state index is 0.161. The number of rotatable bonds is 9. The maximum absolute atomic E-state index is 12.0. The number of ether oxygens (including phenoxy) is 1. The van der Waals surface area contributed by atoms with Crippen LogP contribution in [0, 0.1) is 0 Å². The fourth-order valence-corrected chi connectivity index (χ4v) is 3.91. The molecule has 0 radical (unpaired) electrons. The summed E-state index contributed by atoms with van der Waals surface area (Å²) in [5, 5.41) is 4.91. The fourth-order valence-electron chi connectivity index (χ4n) is 3.91. The van der Waals surface area contributed by atoms with Gasteiger partial charge in [-0.25, -0.2) is 0 Å². The van der Waals surface area contributed by atoms with E-state index in [1.807, 2.05) is 36.5 Å². The van der Waals surface area contributed by atoms with Crippen molar-refractivity contribution < 1.29 is 9.53 Å². The van der Waals surface area contributed by atoms with E-state index in [9.17, 15) is 4.79 Å². The van der Waals surface area contributed by atoms with Crippen LogP contribution in [0.2, 0.25) is 0 Å². The molecule has 0 aliphatic heterocycles. The Morgan fingerprint density at radius 3 is 2.41 bits per heavy atom. The summed E-state index contributed by atoms with van der Waals surface area (Å²) in [5.74, 6) is 0.421. The monoisotopic (exact) mass is 423 g/mol. The molecule has 0 atom stereocenters. The van der Waals surface area contributed by atoms with Crippen molar-refractivity contribution in [3.8, 4) is 5.75 Å². The number of fused-ring (bicyclic) bond motifs is 3. The van der Waals surface area contributed by atoms with Crippen molar-refractivity contribution in [3.63, 3.8) is 0 Å². The maximum Gasteiger partial charge on any atom is 0.311 e. The smallest absolute Gasteiger partial charge is 0.311 e. The number of carbonyl (C=O) groups excluding carboxylic acids is 1. The van der Waals surface area contributed by atoms with E-state index in [0.717, 1.165) is 24.1 Å². The van der Waals surface area contributed by atoms with E-state index in [1.54, 1.807) is 0 Å². The van der Waals surface area contributed by atoms with Gasteiger partial charge in [-0.2, -0.15) is 0 Å². The standard InChI is InChI=1S/C29H29NO2/c1-2-3-4-5-6-11-29(31)32-26-17-12-22(13-18-26)21-30-25-16-19-28-24(20-25)15-14-23-9-7-8-10-27(23)28/h7-10,12-21H,2-6,11H2,1H3. The van der Waals surface area contributed by atoms with Gasteiger partial charge in [0.2, 0.25) is 0 Å². The summed E-state index contributed by atoms with van der Waals surface area (Å²) in [4.78, 5) is 16.6. The topological polar surface area (TPSA) is 38.7 Å². The summed E-state index contributed by atoms with van der Waals surface area (Å²) < 4.78 is 5.44. The van der Waals surface area contributed by atoms with E-state index in [4.69, 9.17) is 4.74 Å². The quantitative estimate of drug-likeness (QED) is 0.0899. The molecule has 0 fully saturated rings. The second-order valence-corrected chi connectivity index (χ2v) is 8.16. The minimum Gasteiger partial charge on any atom is -0.427 e. The average Bonchev–Trinajstić information content (AvgIpc) is 2.83. The first-order valence-corrected chi connectivity index (χ1v) is 11.5. The third-order valence-corrected chi connectivity index (χ3v) is 5.69. The third-order valence-electron chi connectivity index (χ3n) is 5.69. The lowest BCUT2D eigenvalue weighted by Crippen LogP contribution is -2.07. The summed E-state index contributed by atoms with van der Waals surface area (Å²) >= 11 is 0. The lowest BCUT2D eigenvalue weighted by molar-refractivity contribution is -0.134. The SMILES string of the molecule is CCCCCCCC(=O)Oc1ccc(C=Nc2ccc3c(ccc4ccccc43)c2)cc1. The minimum atomic E-state index is -0.161. The summed E-state index contributed by atoms with van der Waals surface area (Å²) in [6, 6.07) is 26.5. The highest BCUT2D eigenvalue weighted by molar-refractivity contribution is 6.08. The zero-order valence-electron chi connectivity index (χ0n) is 18.6. The zero-order chi connectivity index (χ0) is 22.2. The highest BCUT2D eigenvalue weighted by Gasteiger charge is 2.05. The van der Waals surface area contributed by atoms with Crippen molar-refractivity contribution >= 4 is 39.4 Å². The van der Waals surface area contributed by atoms with E-state index in [1.165, 1.54) is 40.8 Å². The molecule has 4 aromatic carbocycles. The number of nitrogens with zero attached hydrogens (tertiary/aromatic N) is 1. The van der Waals surface area contributed by atoms with Crippen molar-refractivity contribution in [2.24, 2.45) is 4.99 Å². The molecule has 32 heavy (non-hydrogen) atoms. The Bertz CT molecular complexity index is 1230. The van der Waals surface area contributed by atoms with E-state index in [-0.39, 0.29) is 5.97 Å². The number of carbonyl (C=O) groups is 1. The number of benzene rings is 4. The highest BCUT2D eigenvalue weighted by atomic mass is 16.5. The molecule has 3 nitrogen and oxygen atoms in total. The van der Waals surface area contributed by atoms with Gasteiger partial charge in [0, 0.05) is 12.6 Å². The summed E-state index contributed by atoms with van der Waals surface area (Å²) in [6.45, 7) is 2.19. The Morgan fingerprint density at radius 2 is 1.56 bits per heavy atom. The van der Waals surface area contributed by atoms with Crippen molar-refractivity contribution in [1.29, 1.82) is 0 Å². The van der Waals surface area contributed by atoms with Crippen LogP contribution in [-0.2, 0) is 4.79 Å². The second-order valence-electron chi connectivity index (χ2n) is 8.16. The second kappa shape index (κ2) is 10.7. The molecule has 4 rings (SSSR count). The summed E-state index contributed by atoms with van der Waals surface area (Å²) in [6.07, 6.45) is 7.91. The Balaban J connectivity index is 1.36. The van der Waals surface area contributed by atoms with Crippen LogP contribution in [0.25, 0.3) is 21.5 Å². The van der Waals surface area contributed by atoms with Crippen molar-refractivity contribution in [1.82, 2.24) is 0 Å². The van der Waals surface area contributed by atoms with Crippen LogP contribution in [0.1, 0.15) is 51.0 Å². The van der Waals surface area contributed by atoms with Gasteiger partial charge in [-0.1, -0.05) is 75.1 Å². The zero-order valence-corrected chi connectivity index (χ0v) is 18.6. The van der Waals surface area contributed by atoms with E-state index in [2.05, 4.69) is 60.4 Å². The van der Waals surface area contributed by atoms with E-state index >= 15 is 0 Å². The molecule has 4 aromatic rings. The molecule has 162 valence electrons. The third kappa shape index (κ3) is 5.61. The Hall–Kier alpha value is -3.46. The van der Waals surface area contributed by atoms with Crippen molar-refractivity contribution in [2.75, 3.05) is 0 Å². The van der Waals surface area contributed by atoms with Crippen LogP contribution in [-0.4, -0.2) is 12.2 Å². The largest absolute Gasteiger partial charge is 0.427 e. The lowest BCUT2D eigenvalue weighted by Gasteiger charge is -2.05. The summed E-state index contributed by atoms with van der Waals surface area (Å²) in [5.41, 5.74) is 1.87. The lowest BCUT2D eigenvalue weighted by atomic mass is 10.0. The van der Waals surface area contributed by atoms with Gasteiger partial charge in [0.05, 0.1) is 5.69 Å². The van der Waals surface area contributed by atoms with Gasteiger partial charge in [0.1, 0.15) is 5.75 Å². The first kappa shape index (κ1) is 21.8. The number of unbranched alkanes of at least 4 members (excludes halogenated alkanes) is 4. The molecule has 0 spiro atoms. The first-order valence-electron chi connectivity index (χ1n) is 11.5. The predicted octanol–water partition coefficient (Wildman–Crippen LogP) is 8.01. The van der Waals surface area contributed by atoms with Gasteiger partial charge in [0.15, 0.2) is 0 Å². The van der Waals surface area contributed by atoms with Crippen LogP contribution in [0.5, 0.6) is 5.75 Å². The Morgan fingerprint density at radius 1 is 0.812 bits per heavy atom. The van der Waals surface area contributed by atoms with Crippen LogP contribution in [0.15, 0.2) is 83.9 Å². The molecule has 0 saturated carbocycles. The molecule has 0 unspecified atom stereocenters. The molecule has 0 bridgehead atoms. The molecule has 0 aromatic heterocycles. The van der Waals surface area contributed by atoms with Crippen LogP contribution < -0.4 is 4.74 Å². The number of esters is 1. The van der Waals surface area contributed by atoms with Crippen molar-refractivity contribution in [3.05, 3.63) is 84.4 Å². The van der Waals surface area contributed by atoms with Crippen LogP contribution in [0.4, 0.5) is 5.69 Å². The number of hydrogen-bond donors (Lipinski definition) is 0. The predicted molar refractivity (Wildman–Crippen MR) is 134 cm³/mol.